The molecule has 0 atom stereocenters. The normalized spacial score (nSPS) is 11.0. The maximum absolute atomic E-state index is 11.2. The van der Waals surface area contributed by atoms with Crippen LogP contribution in [-0.2, 0) is 14.8 Å². The summed E-state index contributed by atoms with van der Waals surface area (Å²) < 4.78 is 24.9. The van der Waals surface area contributed by atoms with Crippen molar-refractivity contribution in [2.75, 3.05) is 10.5 Å². The molecule has 0 saturated carbocycles. The molecule has 1 rings (SSSR count). The standard InChI is InChI=1S/C7H7BrN2O4S/c8-5-2-1-3-9-7(5)10-15(13,14)4-6(11)12/h1-3H,4H2,(H,9,10)(H,11,12). The van der Waals surface area contributed by atoms with Gasteiger partial charge >= 0.3 is 5.97 Å². The van der Waals surface area contributed by atoms with Crippen molar-refractivity contribution < 1.29 is 18.3 Å². The Labute approximate surface area is 94.5 Å². The summed E-state index contributed by atoms with van der Waals surface area (Å²) in [5.74, 6) is -2.34. The molecule has 0 aromatic carbocycles. The Bertz CT molecular complexity index is 474. The molecule has 0 aliphatic heterocycles. The van der Waals surface area contributed by atoms with Crippen LogP contribution in [0, 0.1) is 0 Å². The fraction of sp³-hybridized carbons (Fsp3) is 0.143. The van der Waals surface area contributed by atoms with Crippen molar-refractivity contribution in [1.29, 1.82) is 0 Å². The molecule has 15 heavy (non-hydrogen) atoms. The van der Waals surface area contributed by atoms with Crippen molar-refractivity contribution in [2.24, 2.45) is 0 Å². The van der Waals surface area contributed by atoms with E-state index in [-0.39, 0.29) is 5.82 Å². The number of aromatic nitrogens is 1. The Morgan fingerprint density at radius 3 is 2.80 bits per heavy atom. The number of nitrogens with zero attached hydrogens (tertiary/aromatic N) is 1. The van der Waals surface area contributed by atoms with Crippen molar-refractivity contribution in [3.8, 4) is 0 Å². The van der Waals surface area contributed by atoms with Gasteiger partial charge in [0.25, 0.3) is 0 Å². The highest BCUT2D eigenvalue weighted by Crippen LogP contribution is 2.19. The molecule has 6 nitrogen and oxygen atoms in total. The lowest BCUT2D eigenvalue weighted by Crippen LogP contribution is -2.23. The van der Waals surface area contributed by atoms with Crippen molar-refractivity contribution in [1.82, 2.24) is 4.98 Å². The van der Waals surface area contributed by atoms with Crippen LogP contribution in [0.25, 0.3) is 0 Å². The average Bonchev–Trinajstić information content (AvgIpc) is 2.06. The highest BCUT2D eigenvalue weighted by molar-refractivity contribution is 9.10. The Balaban J connectivity index is 2.87. The summed E-state index contributed by atoms with van der Waals surface area (Å²) in [7, 11) is -3.90. The number of sulfonamides is 1. The number of carboxylic acid groups (broad SMARTS) is 1. The van der Waals surface area contributed by atoms with Gasteiger partial charge in [0.05, 0.1) is 4.47 Å². The summed E-state index contributed by atoms with van der Waals surface area (Å²) in [4.78, 5) is 14.0. The van der Waals surface area contributed by atoms with Gasteiger partial charge in [-0.05, 0) is 28.1 Å². The molecule has 0 unspecified atom stereocenters. The number of nitrogens with one attached hydrogen (secondary N) is 1. The molecule has 1 aromatic heterocycles. The molecule has 0 radical (unpaired) electrons. The fourth-order valence-corrected chi connectivity index (χ4v) is 2.15. The molecule has 0 saturated heterocycles. The molecule has 0 spiro atoms. The molecule has 0 fully saturated rings. The van der Waals surface area contributed by atoms with E-state index in [4.69, 9.17) is 5.11 Å². The first-order chi connectivity index (χ1) is 6.91. The fourth-order valence-electron chi connectivity index (χ4n) is 0.807. The zero-order valence-corrected chi connectivity index (χ0v) is 9.75. The van der Waals surface area contributed by atoms with Crippen LogP contribution in [0.4, 0.5) is 5.82 Å². The molecular weight excluding hydrogens is 288 g/mol. The van der Waals surface area contributed by atoms with Gasteiger partial charge in [-0.15, -0.1) is 0 Å². The van der Waals surface area contributed by atoms with Crippen LogP contribution in [0.5, 0.6) is 0 Å². The predicted molar refractivity (Wildman–Crippen MR) is 57.0 cm³/mol. The molecule has 0 aliphatic rings. The van der Waals surface area contributed by atoms with Crippen LogP contribution in [-0.4, -0.2) is 30.2 Å². The largest absolute Gasteiger partial charge is 0.480 e. The molecule has 1 heterocycles. The van der Waals surface area contributed by atoms with Gasteiger partial charge in [0.1, 0.15) is 0 Å². The highest BCUT2D eigenvalue weighted by atomic mass is 79.9. The summed E-state index contributed by atoms with van der Waals surface area (Å²) in [5, 5.41) is 8.35. The van der Waals surface area contributed by atoms with Crippen molar-refractivity contribution in [3.63, 3.8) is 0 Å². The second-order valence-electron chi connectivity index (χ2n) is 2.59. The third kappa shape index (κ3) is 3.84. The number of anilines is 1. The second-order valence-corrected chi connectivity index (χ2v) is 5.17. The van der Waals surface area contributed by atoms with Gasteiger partial charge in [-0.1, -0.05) is 0 Å². The lowest BCUT2D eigenvalue weighted by Gasteiger charge is -2.05. The minimum absolute atomic E-state index is 0.0683. The van der Waals surface area contributed by atoms with Crippen LogP contribution in [0.1, 0.15) is 0 Å². The van der Waals surface area contributed by atoms with E-state index in [9.17, 15) is 13.2 Å². The van der Waals surface area contributed by atoms with E-state index in [1.807, 2.05) is 0 Å². The smallest absolute Gasteiger partial charge is 0.320 e. The molecule has 2 N–H and O–H groups in total. The van der Waals surface area contributed by atoms with Crippen LogP contribution < -0.4 is 4.72 Å². The molecule has 0 bridgehead atoms. The van der Waals surface area contributed by atoms with Crippen molar-refractivity contribution >= 4 is 37.7 Å². The summed E-state index contributed by atoms with van der Waals surface area (Å²) >= 11 is 3.08. The van der Waals surface area contributed by atoms with Gasteiger partial charge in [-0.2, -0.15) is 0 Å². The topological polar surface area (TPSA) is 96.4 Å². The Kier molecular flexibility index (Phi) is 3.64. The van der Waals surface area contributed by atoms with Gasteiger partial charge in [-0.25, -0.2) is 13.4 Å². The summed E-state index contributed by atoms with van der Waals surface area (Å²) in [6.45, 7) is 0. The van der Waals surface area contributed by atoms with Gasteiger partial charge in [0, 0.05) is 6.20 Å². The number of hydrogen-bond donors (Lipinski definition) is 2. The van der Waals surface area contributed by atoms with Gasteiger partial charge in [0.2, 0.25) is 10.0 Å². The van der Waals surface area contributed by atoms with E-state index in [0.29, 0.717) is 4.47 Å². The van der Waals surface area contributed by atoms with Gasteiger partial charge < -0.3 is 5.11 Å². The second kappa shape index (κ2) is 4.58. The third-order valence-electron chi connectivity index (χ3n) is 1.32. The molecule has 82 valence electrons. The number of rotatable bonds is 4. The SMILES string of the molecule is O=C(O)CS(=O)(=O)Nc1ncccc1Br. The highest BCUT2D eigenvalue weighted by Gasteiger charge is 2.17. The zero-order valence-electron chi connectivity index (χ0n) is 7.34. The van der Waals surface area contributed by atoms with Crippen LogP contribution in [0.3, 0.4) is 0 Å². The minimum atomic E-state index is -3.90. The van der Waals surface area contributed by atoms with E-state index in [1.54, 1.807) is 12.1 Å². The van der Waals surface area contributed by atoms with E-state index >= 15 is 0 Å². The first kappa shape index (κ1) is 11.9. The van der Waals surface area contributed by atoms with Gasteiger partial charge in [0.15, 0.2) is 11.6 Å². The van der Waals surface area contributed by atoms with E-state index in [0.717, 1.165) is 0 Å². The predicted octanol–water partition coefficient (Wildman–Crippen LogP) is 0.670. The number of halogens is 1. The number of hydrogen-bond acceptors (Lipinski definition) is 4. The van der Waals surface area contributed by atoms with Crippen LogP contribution >= 0.6 is 15.9 Å². The lowest BCUT2D eigenvalue weighted by molar-refractivity contribution is -0.134. The van der Waals surface area contributed by atoms with Crippen LogP contribution in [0.15, 0.2) is 22.8 Å². The molecule has 0 amide bonds. The monoisotopic (exact) mass is 294 g/mol. The van der Waals surface area contributed by atoms with Crippen molar-refractivity contribution in [3.05, 3.63) is 22.8 Å². The van der Waals surface area contributed by atoms with E-state index < -0.39 is 21.7 Å². The molecule has 1 aromatic rings. The number of carbonyl (C=O) groups is 1. The summed E-state index contributed by atoms with van der Waals surface area (Å²) in [6.07, 6.45) is 1.39. The Morgan fingerprint density at radius 2 is 2.27 bits per heavy atom. The summed E-state index contributed by atoms with van der Waals surface area (Å²) in [6, 6.07) is 3.20. The maximum Gasteiger partial charge on any atom is 0.320 e. The Hall–Kier alpha value is -1.15. The Morgan fingerprint density at radius 1 is 1.60 bits per heavy atom. The number of carboxylic acids is 1. The van der Waals surface area contributed by atoms with E-state index in [2.05, 4.69) is 25.6 Å². The molecule has 0 aliphatic carbocycles. The number of aliphatic carboxylic acids is 1. The zero-order chi connectivity index (χ0) is 11.5. The lowest BCUT2D eigenvalue weighted by atomic mass is 10.5. The molecular formula is C7H7BrN2O4S. The van der Waals surface area contributed by atoms with Crippen LogP contribution in [0.2, 0.25) is 0 Å². The first-order valence-electron chi connectivity index (χ1n) is 3.73. The maximum atomic E-state index is 11.2. The van der Waals surface area contributed by atoms with Crippen molar-refractivity contribution in [2.45, 2.75) is 0 Å². The third-order valence-corrected chi connectivity index (χ3v) is 3.10. The van der Waals surface area contributed by atoms with E-state index in [1.165, 1.54) is 6.20 Å². The minimum Gasteiger partial charge on any atom is -0.480 e. The first-order valence-corrected chi connectivity index (χ1v) is 6.18. The quantitative estimate of drug-likeness (QED) is 0.851. The van der Waals surface area contributed by atoms with Gasteiger partial charge in [-0.3, -0.25) is 9.52 Å². The average molecular weight is 295 g/mol. The number of pyridine rings is 1. The summed E-state index contributed by atoms with van der Waals surface area (Å²) in [5.41, 5.74) is 0. The molecule has 8 heteroatoms.